The van der Waals surface area contributed by atoms with Crippen molar-refractivity contribution in [3.05, 3.63) is 40.3 Å². The Morgan fingerprint density at radius 2 is 1.94 bits per heavy atom. The van der Waals surface area contributed by atoms with E-state index in [9.17, 15) is 40.3 Å². The number of allylic oxidation sites excluding steroid dienone is 3. The molecule has 182 valence electrons. The lowest BCUT2D eigenvalue weighted by Gasteiger charge is -2.32. The SMILES string of the molecule is O=C([C@@H]1C[C@@H](C(F)(F)F)Cc2nn(CC3C=CC=C(C(F)(F)F)O3)c(=O)n21)N1CC[C@H](F)C1. The Balaban J connectivity index is 1.63. The van der Waals surface area contributed by atoms with Crippen LogP contribution in [-0.2, 0) is 22.5 Å². The number of ether oxygens (including phenoxy) is 1. The first kappa shape index (κ1) is 23.4. The van der Waals surface area contributed by atoms with Crippen molar-refractivity contribution >= 4 is 5.91 Å². The monoisotopic (exact) mass is 484 g/mol. The van der Waals surface area contributed by atoms with Gasteiger partial charge in [0.25, 0.3) is 0 Å². The third-order valence-corrected chi connectivity index (χ3v) is 5.86. The van der Waals surface area contributed by atoms with Gasteiger partial charge in [0.05, 0.1) is 19.0 Å². The van der Waals surface area contributed by atoms with Crippen molar-refractivity contribution in [2.75, 3.05) is 13.1 Å². The Bertz CT molecular complexity index is 1040. The minimum atomic E-state index is -4.76. The number of carbonyl (C=O) groups excluding carboxylic acids is 1. The molecule has 1 unspecified atom stereocenters. The van der Waals surface area contributed by atoms with Crippen molar-refractivity contribution in [2.24, 2.45) is 5.92 Å². The van der Waals surface area contributed by atoms with Crippen LogP contribution in [0.1, 0.15) is 24.7 Å². The number of likely N-dealkylation sites (tertiary alicyclic amines) is 1. The molecule has 4 rings (SSSR count). The van der Waals surface area contributed by atoms with Gasteiger partial charge in [-0.2, -0.15) is 31.4 Å². The number of hydrogen-bond donors (Lipinski definition) is 0. The van der Waals surface area contributed by atoms with E-state index in [4.69, 9.17) is 4.74 Å². The normalized spacial score (nSPS) is 27.8. The molecule has 0 bridgehead atoms. The molecule has 1 aromatic heterocycles. The quantitative estimate of drug-likeness (QED) is 0.619. The summed E-state index contributed by atoms with van der Waals surface area (Å²) in [7, 11) is 0. The van der Waals surface area contributed by atoms with E-state index in [1.807, 2.05) is 0 Å². The molecule has 0 saturated carbocycles. The summed E-state index contributed by atoms with van der Waals surface area (Å²) in [5, 5.41) is 3.88. The molecular formula is C19H19F7N4O3. The maximum absolute atomic E-state index is 13.6. The lowest BCUT2D eigenvalue weighted by Crippen LogP contribution is -2.45. The van der Waals surface area contributed by atoms with Gasteiger partial charge in [-0.05, 0) is 25.0 Å². The van der Waals surface area contributed by atoms with E-state index in [1.165, 1.54) is 6.08 Å². The average Bonchev–Trinajstić information content (AvgIpc) is 3.29. The van der Waals surface area contributed by atoms with Crippen LogP contribution in [0.25, 0.3) is 0 Å². The van der Waals surface area contributed by atoms with Crippen molar-refractivity contribution in [3.8, 4) is 0 Å². The van der Waals surface area contributed by atoms with Gasteiger partial charge < -0.3 is 9.64 Å². The number of amides is 1. The molecule has 14 heteroatoms. The number of aromatic nitrogens is 3. The first-order valence-corrected chi connectivity index (χ1v) is 10.1. The second-order valence-corrected chi connectivity index (χ2v) is 8.19. The minimum Gasteiger partial charge on any atom is -0.479 e. The molecule has 0 aliphatic carbocycles. The van der Waals surface area contributed by atoms with Crippen LogP contribution in [-0.4, -0.2) is 62.9 Å². The largest absolute Gasteiger partial charge is 0.479 e. The highest BCUT2D eigenvalue weighted by atomic mass is 19.4. The maximum Gasteiger partial charge on any atom is 0.448 e. The molecule has 0 N–H and O–H groups in total. The molecule has 1 aromatic rings. The van der Waals surface area contributed by atoms with Gasteiger partial charge in [-0.3, -0.25) is 9.36 Å². The van der Waals surface area contributed by atoms with Crippen LogP contribution in [0, 0.1) is 5.92 Å². The second kappa shape index (κ2) is 8.20. The van der Waals surface area contributed by atoms with Crippen LogP contribution < -0.4 is 5.69 Å². The molecule has 3 aliphatic heterocycles. The molecule has 1 saturated heterocycles. The Kier molecular flexibility index (Phi) is 5.81. The highest BCUT2D eigenvalue weighted by Crippen LogP contribution is 2.39. The van der Waals surface area contributed by atoms with Crippen LogP contribution >= 0.6 is 0 Å². The van der Waals surface area contributed by atoms with Crippen molar-refractivity contribution in [2.45, 2.75) is 56.5 Å². The third kappa shape index (κ3) is 4.64. The highest BCUT2D eigenvalue weighted by Gasteiger charge is 2.48. The van der Waals surface area contributed by atoms with Gasteiger partial charge in [-0.15, -0.1) is 0 Å². The van der Waals surface area contributed by atoms with E-state index in [0.29, 0.717) is 10.8 Å². The van der Waals surface area contributed by atoms with Crippen LogP contribution in [0.15, 0.2) is 28.8 Å². The van der Waals surface area contributed by atoms with Crippen molar-refractivity contribution < 1.29 is 40.3 Å². The number of alkyl halides is 7. The Morgan fingerprint density at radius 3 is 2.55 bits per heavy atom. The molecule has 0 aromatic carbocycles. The Labute approximate surface area is 182 Å². The zero-order valence-electron chi connectivity index (χ0n) is 16.9. The zero-order chi connectivity index (χ0) is 24.1. The smallest absolute Gasteiger partial charge is 0.448 e. The molecule has 1 fully saturated rings. The predicted molar refractivity (Wildman–Crippen MR) is 97.6 cm³/mol. The molecule has 1 amide bonds. The van der Waals surface area contributed by atoms with Crippen LogP contribution in [0.4, 0.5) is 30.7 Å². The molecule has 33 heavy (non-hydrogen) atoms. The second-order valence-electron chi connectivity index (χ2n) is 8.19. The number of carbonyl (C=O) groups is 1. The van der Waals surface area contributed by atoms with E-state index < -0.39 is 73.3 Å². The number of hydrogen-bond acceptors (Lipinski definition) is 4. The molecular weight excluding hydrogens is 465 g/mol. The van der Waals surface area contributed by atoms with Gasteiger partial charge in [0.15, 0.2) is 0 Å². The summed E-state index contributed by atoms with van der Waals surface area (Å²) in [6.07, 6.45) is -10.3. The fourth-order valence-electron chi connectivity index (χ4n) is 4.24. The van der Waals surface area contributed by atoms with Gasteiger partial charge in [0, 0.05) is 13.0 Å². The fraction of sp³-hybridized carbons (Fsp3) is 0.632. The number of nitrogens with zero attached hydrogens (tertiary/aromatic N) is 4. The summed E-state index contributed by atoms with van der Waals surface area (Å²) in [5.41, 5.74) is -0.944. The molecule has 0 spiro atoms. The first-order chi connectivity index (χ1) is 15.3. The van der Waals surface area contributed by atoms with E-state index in [1.54, 1.807) is 0 Å². The van der Waals surface area contributed by atoms with Gasteiger partial charge in [0.2, 0.25) is 11.7 Å². The number of halogens is 7. The molecule has 7 nitrogen and oxygen atoms in total. The summed E-state index contributed by atoms with van der Waals surface area (Å²) in [5.74, 6) is -4.37. The average molecular weight is 484 g/mol. The molecule has 4 atom stereocenters. The van der Waals surface area contributed by atoms with Crippen LogP contribution in [0.2, 0.25) is 0 Å². The van der Waals surface area contributed by atoms with Crippen molar-refractivity contribution in [3.63, 3.8) is 0 Å². The lowest BCUT2D eigenvalue weighted by atomic mass is 9.91. The van der Waals surface area contributed by atoms with Gasteiger partial charge >= 0.3 is 18.0 Å². The van der Waals surface area contributed by atoms with E-state index >= 15 is 0 Å². The van der Waals surface area contributed by atoms with E-state index in [0.717, 1.165) is 15.5 Å². The lowest BCUT2D eigenvalue weighted by molar-refractivity contribution is -0.183. The van der Waals surface area contributed by atoms with Crippen molar-refractivity contribution in [1.29, 1.82) is 0 Å². The molecule has 0 radical (unpaired) electrons. The summed E-state index contributed by atoms with van der Waals surface area (Å²) >= 11 is 0. The van der Waals surface area contributed by atoms with Crippen LogP contribution in [0.3, 0.4) is 0 Å². The number of fused-ring (bicyclic) bond motifs is 1. The van der Waals surface area contributed by atoms with Gasteiger partial charge in [-0.1, -0.05) is 6.08 Å². The number of rotatable bonds is 3. The summed E-state index contributed by atoms with van der Waals surface area (Å²) in [6.45, 7) is -0.771. The summed E-state index contributed by atoms with van der Waals surface area (Å²) in [6, 6.07) is -1.54. The zero-order valence-corrected chi connectivity index (χ0v) is 16.9. The minimum absolute atomic E-state index is 0.0126. The third-order valence-electron chi connectivity index (χ3n) is 5.86. The maximum atomic E-state index is 13.6. The van der Waals surface area contributed by atoms with Crippen molar-refractivity contribution in [1.82, 2.24) is 19.2 Å². The Hall–Kier alpha value is -2.80. The van der Waals surface area contributed by atoms with Crippen LogP contribution in [0.5, 0.6) is 0 Å². The first-order valence-electron chi connectivity index (χ1n) is 10.1. The van der Waals surface area contributed by atoms with E-state index in [2.05, 4.69) is 5.10 Å². The summed E-state index contributed by atoms with van der Waals surface area (Å²) < 4.78 is 99.1. The van der Waals surface area contributed by atoms with Gasteiger partial charge in [0.1, 0.15) is 24.1 Å². The summed E-state index contributed by atoms with van der Waals surface area (Å²) in [4.78, 5) is 26.9. The topological polar surface area (TPSA) is 69.4 Å². The van der Waals surface area contributed by atoms with E-state index in [-0.39, 0.29) is 25.3 Å². The molecule has 4 heterocycles. The van der Waals surface area contributed by atoms with Gasteiger partial charge in [-0.25, -0.2) is 13.9 Å². The molecule has 3 aliphatic rings. The Morgan fingerprint density at radius 1 is 1.21 bits per heavy atom. The fourth-order valence-corrected chi connectivity index (χ4v) is 4.24. The predicted octanol–water partition coefficient (Wildman–Crippen LogP) is 2.68. The highest BCUT2D eigenvalue weighted by molar-refractivity contribution is 5.81. The standard InChI is InChI=1S/C19H19F7N4O3/c20-11-4-5-28(8-11)16(31)13-6-10(18(21,22)23)7-15-27-29(17(32)30(13)15)9-12-2-1-3-14(33-12)19(24,25)26/h1-3,10-13H,4-9H2/t10-,11+,12?,13+/m1/s1.